The summed E-state index contributed by atoms with van der Waals surface area (Å²) in [5.41, 5.74) is 0.449. The van der Waals surface area contributed by atoms with Gasteiger partial charge in [-0.2, -0.15) is 0 Å². The van der Waals surface area contributed by atoms with E-state index in [1.54, 1.807) is 12.1 Å². The number of methoxy groups -OCH3 is 5. The van der Waals surface area contributed by atoms with Crippen molar-refractivity contribution in [2.24, 2.45) is 0 Å². The summed E-state index contributed by atoms with van der Waals surface area (Å²) in [5, 5.41) is 0. The Balaban J connectivity index is 2.18. The maximum absolute atomic E-state index is 13.8. The van der Waals surface area contributed by atoms with Gasteiger partial charge in [0, 0.05) is 7.11 Å². The highest BCUT2D eigenvalue weighted by molar-refractivity contribution is 6.10. The maximum Gasteiger partial charge on any atom is 0.360 e. The van der Waals surface area contributed by atoms with Crippen LogP contribution in [0.5, 0.6) is 23.0 Å². The van der Waals surface area contributed by atoms with Crippen LogP contribution in [0.4, 0.5) is 0 Å². The molecule has 0 spiro atoms. The highest BCUT2D eigenvalue weighted by Crippen LogP contribution is 2.45. The van der Waals surface area contributed by atoms with E-state index in [0.717, 1.165) is 18.4 Å². The second-order valence-corrected chi connectivity index (χ2v) is 7.72. The average molecular weight is 504 g/mol. The summed E-state index contributed by atoms with van der Waals surface area (Å²) in [6.07, 6.45) is 1.10. The van der Waals surface area contributed by atoms with Crippen LogP contribution in [0.2, 0.25) is 0 Å². The molecule has 1 aliphatic rings. The number of hydrogen-bond donors (Lipinski definition) is 0. The van der Waals surface area contributed by atoms with Gasteiger partial charge in [-0.15, -0.1) is 0 Å². The van der Waals surface area contributed by atoms with E-state index in [9.17, 15) is 14.4 Å². The van der Waals surface area contributed by atoms with Gasteiger partial charge in [0.15, 0.2) is 35.5 Å². The standard InChI is InChI=1S/C25H29NO10/c1-7-8-9-13-10-11-14(20(19(13)31-3)35-12-30-2)18(27)22-16-15(24(28)36-22)21(32-4)23(33-5)17(26-16)25(29)34-6/h10-11,22H,7-9,12H2,1-6H3. The monoisotopic (exact) mass is 503 g/mol. The molecule has 1 atom stereocenters. The number of unbranched alkanes of at least 4 members (excludes halogenated alkanes) is 1. The number of pyridine rings is 1. The second kappa shape index (κ2) is 11.7. The van der Waals surface area contributed by atoms with Gasteiger partial charge in [-0.05, 0) is 24.5 Å². The van der Waals surface area contributed by atoms with Gasteiger partial charge in [0.1, 0.15) is 11.3 Å². The average Bonchev–Trinajstić information content (AvgIpc) is 3.24. The number of Topliss-reactive ketones (excluding diaryl/α,β-unsaturated/α-hetero) is 1. The normalized spacial score (nSPS) is 14.1. The van der Waals surface area contributed by atoms with E-state index in [2.05, 4.69) is 11.9 Å². The van der Waals surface area contributed by atoms with Gasteiger partial charge in [-0.1, -0.05) is 19.4 Å². The van der Waals surface area contributed by atoms with Crippen molar-refractivity contribution in [3.63, 3.8) is 0 Å². The summed E-state index contributed by atoms with van der Waals surface area (Å²) in [6.45, 7) is 1.92. The van der Waals surface area contributed by atoms with Gasteiger partial charge >= 0.3 is 11.9 Å². The molecular formula is C25H29NO10. The molecule has 1 aromatic heterocycles. The number of esters is 2. The molecule has 11 heteroatoms. The Morgan fingerprint density at radius 2 is 1.67 bits per heavy atom. The Labute approximate surface area is 208 Å². The van der Waals surface area contributed by atoms with Crippen LogP contribution in [0.25, 0.3) is 0 Å². The van der Waals surface area contributed by atoms with E-state index in [1.165, 1.54) is 35.5 Å². The van der Waals surface area contributed by atoms with Crippen molar-refractivity contribution in [3.8, 4) is 23.0 Å². The highest BCUT2D eigenvalue weighted by atomic mass is 16.7. The van der Waals surface area contributed by atoms with E-state index < -0.39 is 23.8 Å². The third-order valence-corrected chi connectivity index (χ3v) is 5.62. The van der Waals surface area contributed by atoms with Crippen LogP contribution < -0.4 is 18.9 Å². The van der Waals surface area contributed by atoms with Crippen molar-refractivity contribution in [2.75, 3.05) is 42.3 Å². The predicted octanol–water partition coefficient (Wildman–Crippen LogP) is 3.31. The van der Waals surface area contributed by atoms with Crippen LogP contribution >= 0.6 is 0 Å². The summed E-state index contributed by atoms with van der Waals surface area (Å²) >= 11 is 0. The lowest BCUT2D eigenvalue weighted by Crippen LogP contribution is -2.18. The third kappa shape index (κ3) is 4.78. The Bertz CT molecular complexity index is 1160. The Kier molecular flexibility index (Phi) is 8.70. The Morgan fingerprint density at radius 3 is 2.25 bits per heavy atom. The zero-order valence-electron chi connectivity index (χ0n) is 21.1. The van der Waals surface area contributed by atoms with Crippen LogP contribution in [0.1, 0.15) is 68.3 Å². The van der Waals surface area contributed by atoms with Gasteiger partial charge in [0.2, 0.25) is 11.9 Å². The first-order valence-corrected chi connectivity index (χ1v) is 11.2. The van der Waals surface area contributed by atoms with Crippen molar-refractivity contribution in [1.29, 1.82) is 0 Å². The number of carbonyl (C=O) groups is 3. The number of ether oxygens (including phenoxy) is 7. The van der Waals surface area contributed by atoms with E-state index in [0.29, 0.717) is 12.2 Å². The number of nitrogens with zero attached hydrogens (tertiary/aromatic N) is 1. The van der Waals surface area contributed by atoms with E-state index in [-0.39, 0.29) is 46.6 Å². The lowest BCUT2D eigenvalue weighted by Gasteiger charge is -2.19. The van der Waals surface area contributed by atoms with Gasteiger partial charge in [0.05, 0.1) is 34.0 Å². The molecular weight excluding hydrogens is 474 g/mol. The van der Waals surface area contributed by atoms with Gasteiger partial charge < -0.3 is 33.2 Å². The molecule has 3 rings (SSSR count). The van der Waals surface area contributed by atoms with Crippen LogP contribution in [-0.4, -0.2) is 65.0 Å². The summed E-state index contributed by atoms with van der Waals surface area (Å²) in [4.78, 5) is 43.2. The number of ketones is 1. The first kappa shape index (κ1) is 26.7. The van der Waals surface area contributed by atoms with Crippen LogP contribution in [0.3, 0.4) is 0 Å². The zero-order chi connectivity index (χ0) is 26.4. The van der Waals surface area contributed by atoms with Crippen LogP contribution in [0, 0.1) is 0 Å². The minimum atomic E-state index is -1.48. The molecule has 0 amide bonds. The van der Waals surface area contributed by atoms with Gasteiger partial charge in [-0.3, -0.25) is 4.79 Å². The maximum atomic E-state index is 13.8. The Hall–Kier alpha value is -3.86. The van der Waals surface area contributed by atoms with Crippen molar-refractivity contribution in [1.82, 2.24) is 4.98 Å². The minimum Gasteiger partial charge on any atom is -0.493 e. The number of aromatic nitrogens is 1. The van der Waals surface area contributed by atoms with E-state index in [1.807, 2.05) is 0 Å². The first-order valence-electron chi connectivity index (χ1n) is 11.2. The SMILES string of the molecule is CCCCc1ccc(C(=O)C2OC(=O)c3c2nc(C(=O)OC)c(OC)c3OC)c(OCOC)c1OC. The molecule has 0 N–H and O–H groups in total. The van der Waals surface area contributed by atoms with Crippen molar-refractivity contribution in [2.45, 2.75) is 32.3 Å². The van der Waals surface area contributed by atoms with E-state index >= 15 is 0 Å². The lowest BCUT2D eigenvalue weighted by molar-refractivity contribution is 0.0334. The van der Waals surface area contributed by atoms with Gasteiger partial charge in [0.25, 0.3) is 0 Å². The third-order valence-electron chi connectivity index (χ3n) is 5.62. The second-order valence-electron chi connectivity index (χ2n) is 7.72. The zero-order valence-corrected chi connectivity index (χ0v) is 21.1. The number of benzene rings is 1. The van der Waals surface area contributed by atoms with Crippen molar-refractivity contribution >= 4 is 17.7 Å². The van der Waals surface area contributed by atoms with Gasteiger partial charge in [-0.25, -0.2) is 14.6 Å². The van der Waals surface area contributed by atoms with Crippen molar-refractivity contribution in [3.05, 3.63) is 40.2 Å². The smallest absolute Gasteiger partial charge is 0.360 e. The molecule has 1 unspecified atom stereocenters. The molecule has 194 valence electrons. The number of fused-ring (bicyclic) bond motifs is 1. The molecule has 2 aromatic rings. The number of rotatable bonds is 12. The summed E-state index contributed by atoms with van der Waals surface area (Å²) in [6, 6.07) is 3.34. The molecule has 0 saturated heterocycles. The summed E-state index contributed by atoms with van der Waals surface area (Å²) < 4.78 is 37.2. The fraction of sp³-hybridized carbons (Fsp3) is 0.440. The number of hydrogen-bond acceptors (Lipinski definition) is 11. The summed E-state index contributed by atoms with van der Waals surface area (Å²) in [5.74, 6) is -2.00. The predicted molar refractivity (Wildman–Crippen MR) is 125 cm³/mol. The number of carbonyl (C=O) groups excluding carboxylic acids is 3. The van der Waals surface area contributed by atoms with Crippen molar-refractivity contribution < 1.29 is 47.5 Å². The van der Waals surface area contributed by atoms with Crippen LogP contribution in [-0.2, 0) is 20.6 Å². The fourth-order valence-corrected chi connectivity index (χ4v) is 3.96. The molecule has 0 aliphatic carbocycles. The molecule has 36 heavy (non-hydrogen) atoms. The Morgan fingerprint density at radius 1 is 0.972 bits per heavy atom. The highest BCUT2D eigenvalue weighted by Gasteiger charge is 2.44. The molecule has 1 aromatic carbocycles. The molecule has 0 saturated carbocycles. The van der Waals surface area contributed by atoms with Crippen LogP contribution in [0.15, 0.2) is 12.1 Å². The molecule has 2 heterocycles. The largest absolute Gasteiger partial charge is 0.493 e. The molecule has 1 aliphatic heterocycles. The number of aryl methyl sites for hydroxylation is 1. The first-order chi connectivity index (χ1) is 17.4. The molecule has 0 fully saturated rings. The minimum absolute atomic E-state index is 0.0889. The topological polar surface area (TPSA) is 129 Å². The van der Waals surface area contributed by atoms with E-state index in [4.69, 9.17) is 33.2 Å². The fourth-order valence-electron chi connectivity index (χ4n) is 3.96. The number of cyclic esters (lactones) is 1. The molecule has 0 bridgehead atoms. The molecule has 0 radical (unpaired) electrons. The molecule has 11 nitrogen and oxygen atoms in total. The quantitative estimate of drug-likeness (QED) is 0.240. The summed E-state index contributed by atoms with van der Waals surface area (Å²) in [7, 11) is 6.66. The lowest BCUT2D eigenvalue weighted by atomic mass is 9.97.